The molecule has 1 rings (SSSR count). The third-order valence-electron chi connectivity index (χ3n) is 1.82. The summed E-state index contributed by atoms with van der Waals surface area (Å²) in [6.07, 6.45) is 0. The summed E-state index contributed by atoms with van der Waals surface area (Å²) in [5.41, 5.74) is 1.85. The molecule has 0 amide bonds. The Morgan fingerprint density at radius 3 is 2.71 bits per heavy atom. The van der Waals surface area contributed by atoms with Gasteiger partial charge in [0, 0.05) is 11.6 Å². The fraction of sp³-hybridized carbons (Fsp3) is 0.400. The van der Waals surface area contributed by atoms with E-state index in [0.717, 1.165) is 15.6 Å². The number of rotatable bonds is 4. The maximum atomic E-state index is 9.08. The fourth-order valence-electron chi connectivity index (χ4n) is 1.13. The van der Waals surface area contributed by atoms with Crippen LogP contribution in [-0.2, 0) is 11.3 Å². The molecule has 0 saturated carbocycles. The Morgan fingerprint density at radius 2 is 2.14 bits per heavy atom. The van der Waals surface area contributed by atoms with Gasteiger partial charge in [0.1, 0.15) is 5.75 Å². The van der Waals surface area contributed by atoms with Crippen LogP contribution in [0, 0.1) is 6.92 Å². The van der Waals surface area contributed by atoms with Crippen LogP contribution in [0.25, 0.3) is 0 Å². The lowest BCUT2D eigenvalue weighted by molar-refractivity contribution is 0.0509. The standard InChI is InChI=1S/C10H13BrO3/c1-7-3-9(14-6-13-2)4-8(5-12)10(7)11/h3-4,12H,5-6H2,1-2H3. The number of aryl methyl sites for hydroxylation is 1. The van der Waals surface area contributed by atoms with E-state index in [-0.39, 0.29) is 13.4 Å². The molecule has 1 aromatic rings. The SMILES string of the molecule is COCOc1cc(C)c(Br)c(CO)c1. The number of hydrogen-bond acceptors (Lipinski definition) is 3. The molecular weight excluding hydrogens is 248 g/mol. The van der Waals surface area contributed by atoms with Crippen LogP contribution in [-0.4, -0.2) is 19.0 Å². The highest BCUT2D eigenvalue weighted by atomic mass is 79.9. The van der Waals surface area contributed by atoms with Crippen molar-refractivity contribution >= 4 is 15.9 Å². The maximum Gasteiger partial charge on any atom is 0.188 e. The zero-order chi connectivity index (χ0) is 10.6. The summed E-state index contributed by atoms with van der Waals surface area (Å²) < 4.78 is 11.0. The molecule has 3 nitrogen and oxygen atoms in total. The highest BCUT2D eigenvalue weighted by Crippen LogP contribution is 2.27. The zero-order valence-electron chi connectivity index (χ0n) is 8.21. The monoisotopic (exact) mass is 260 g/mol. The Balaban J connectivity index is 2.91. The van der Waals surface area contributed by atoms with Crippen molar-refractivity contribution in [3.05, 3.63) is 27.7 Å². The van der Waals surface area contributed by atoms with E-state index in [9.17, 15) is 0 Å². The summed E-state index contributed by atoms with van der Waals surface area (Å²) in [5, 5.41) is 9.08. The molecule has 4 heteroatoms. The van der Waals surface area contributed by atoms with Crippen molar-refractivity contribution in [3.8, 4) is 5.75 Å². The second-order valence-electron chi connectivity index (χ2n) is 2.92. The van der Waals surface area contributed by atoms with Crippen LogP contribution in [0.4, 0.5) is 0 Å². The number of aliphatic hydroxyl groups excluding tert-OH is 1. The average molecular weight is 261 g/mol. The van der Waals surface area contributed by atoms with Crippen molar-refractivity contribution in [3.63, 3.8) is 0 Å². The molecule has 78 valence electrons. The van der Waals surface area contributed by atoms with Crippen LogP contribution in [0.3, 0.4) is 0 Å². The molecule has 0 spiro atoms. The van der Waals surface area contributed by atoms with Crippen molar-refractivity contribution in [1.29, 1.82) is 0 Å². The molecule has 0 radical (unpaired) electrons. The van der Waals surface area contributed by atoms with Crippen molar-refractivity contribution < 1.29 is 14.6 Å². The summed E-state index contributed by atoms with van der Waals surface area (Å²) >= 11 is 3.40. The third kappa shape index (κ3) is 2.70. The first-order chi connectivity index (χ1) is 6.69. The predicted molar refractivity (Wildman–Crippen MR) is 57.3 cm³/mol. The van der Waals surface area contributed by atoms with Crippen LogP contribution in [0.1, 0.15) is 11.1 Å². The molecule has 0 fully saturated rings. The number of ether oxygens (including phenoxy) is 2. The lowest BCUT2D eigenvalue weighted by Crippen LogP contribution is -2.00. The van der Waals surface area contributed by atoms with Gasteiger partial charge in [0.15, 0.2) is 6.79 Å². The van der Waals surface area contributed by atoms with E-state index in [2.05, 4.69) is 15.9 Å². The maximum absolute atomic E-state index is 9.08. The Morgan fingerprint density at radius 1 is 1.43 bits per heavy atom. The van der Waals surface area contributed by atoms with E-state index in [4.69, 9.17) is 14.6 Å². The molecular formula is C10H13BrO3. The molecule has 0 aromatic heterocycles. The number of benzene rings is 1. The molecule has 0 heterocycles. The summed E-state index contributed by atoms with van der Waals surface area (Å²) in [7, 11) is 1.57. The molecule has 14 heavy (non-hydrogen) atoms. The van der Waals surface area contributed by atoms with Gasteiger partial charge in [-0.2, -0.15) is 0 Å². The summed E-state index contributed by atoms with van der Waals surface area (Å²) in [5.74, 6) is 0.705. The lowest BCUT2D eigenvalue weighted by Gasteiger charge is -2.10. The highest BCUT2D eigenvalue weighted by Gasteiger charge is 2.05. The first-order valence-corrected chi connectivity index (χ1v) is 5.00. The molecule has 0 aliphatic carbocycles. The Hall–Kier alpha value is -0.580. The number of hydrogen-bond donors (Lipinski definition) is 1. The van der Waals surface area contributed by atoms with Crippen LogP contribution in [0.5, 0.6) is 5.75 Å². The normalized spacial score (nSPS) is 10.3. The molecule has 0 unspecified atom stereocenters. The average Bonchev–Trinajstić information content (AvgIpc) is 2.19. The van der Waals surface area contributed by atoms with Crippen LogP contribution >= 0.6 is 15.9 Å². The second kappa shape index (κ2) is 5.34. The predicted octanol–water partition coefficient (Wildman–Crippen LogP) is 2.23. The van der Waals surface area contributed by atoms with Crippen molar-refractivity contribution in [2.75, 3.05) is 13.9 Å². The fourth-order valence-corrected chi connectivity index (χ4v) is 1.49. The Bertz CT molecular complexity index is 312. The van der Waals surface area contributed by atoms with E-state index in [0.29, 0.717) is 5.75 Å². The topological polar surface area (TPSA) is 38.7 Å². The molecule has 0 bridgehead atoms. The zero-order valence-corrected chi connectivity index (χ0v) is 9.80. The van der Waals surface area contributed by atoms with Crippen molar-refractivity contribution in [2.24, 2.45) is 0 Å². The van der Waals surface area contributed by atoms with Gasteiger partial charge >= 0.3 is 0 Å². The first kappa shape index (κ1) is 11.5. The molecule has 0 aliphatic rings. The lowest BCUT2D eigenvalue weighted by atomic mass is 10.1. The second-order valence-corrected chi connectivity index (χ2v) is 3.72. The van der Waals surface area contributed by atoms with Crippen LogP contribution < -0.4 is 4.74 Å². The number of methoxy groups -OCH3 is 1. The van der Waals surface area contributed by atoms with Gasteiger partial charge in [0.05, 0.1) is 6.61 Å². The first-order valence-electron chi connectivity index (χ1n) is 4.20. The molecule has 0 aliphatic heterocycles. The minimum Gasteiger partial charge on any atom is -0.468 e. The minimum atomic E-state index is -0.00833. The molecule has 1 aromatic carbocycles. The van der Waals surface area contributed by atoms with Gasteiger partial charge in [-0.1, -0.05) is 15.9 Å². The Kier molecular flexibility index (Phi) is 4.38. The van der Waals surface area contributed by atoms with Gasteiger partial charge in [0.25, 0.3) is 0 Å². The van der Waals surface area contributed by atoms with Gasteiger partial charge in [-0.25, -0.2) is 0 Å². The van der Waals surface area contributed by atoms with E-state index in [1.165, 1.54) is 0 Å². The van der Waals surface area contributed by atoms with Gasteiger partial charge < -0.3 is 14.6 Å². The summed E-state index contributed by atoms with van der Waals surface area (Å²) in [6.45, 7) is 2.15. The quantitative estimate of drug-likeness (QED) is 0.845. The smallest absolute Gasteiger partial charge is 0.188 e. The Labute approximate surface area is 91.8 Å². The number of aliphatic hydroxyl groups is 1. The highest BCUT2D eigenvalue weighted by molar-refractivity contribution is 9.10. The van der Waals surface area contributed by atoms with Crippen LogP contribution in [0.2, 0.25) is 0 Å². The van der Waals surface area contributed by atoms with E-state index in [1.807, 2.05) is 13.0 Å². The molecule has 0 saturated heterocycles. The third-order valence-corrected chi connectivity index (χ3v) is 2.95. The van der Waals surface area contributed by atoms with Gasteiger partial charge in [0.2, 0.25) is 0 Å². The van der Waals surface area contributed by atoms with Crippen molar-refractivity contribution in [2.45, 2.75) is 13.5 Å². The van der Waals surface area contributed by atoms with Gasteiger partial charge in [-0.15, -0.1) is 0 Å². The summed E-state index contributed by atoms with van der Waals surface area (Å²) in [4.78, 5) is 0. The summed E-state index contributed by atoms with van der Waals surface area (Å²) in [6, 6.07) is 3.68. The van der Waals surface area contributed by atoms with Crippen molar-refractivity contribution in [1.82, 2.24) is 0 Å². The molecule has 0 atom stereocenters. The van der Waals surface area contributed by atoms with Crippen LogP contribution in [0.15, 0.2) is 16.6 Å². The van der Waals surface area contributed by atoms with E-state index < -0.39 is 0 Å². The van der Waals surface area contributed by atoms with Gasteiger partial charge in [-0.05, 0) is 30.2 Å². The minimum absolute atomic E-state index is 0.00833. The van der Waals surface area contributed by atoms with E-state index >= 15 is 0 Å². The molecule has 1 N–H and O–H groups in total. The largest absolute Gasteiger partial charge is 0.468 e. The van der Waals surface area contributed by atoms with Gasteiger partial charge in [-0.3, -0.25) is 0 Å². The van der Waals surface area contributed by atoms with E-state index in [1.54, 1.807) is 13.2 Å². The number of halogens is 1.